The van der Waals surface area contributed by atoms with E-state index in [4.69, 9.17) is 0 Å². The summed E-state index contributed by atoms with van der Waals surface area (Å²) in [5.74, 6) is 0. The van der Waals surface area contributed by atoms with Gasteiger partial charge in [-0.1, -0.05) is 72.8 Å². The van der Waals surface area contributed by atoms with E-state index >= 15 is 0 Å². The van der Waals surface area contributed by atoms with Crippen LogP contribution in [0.25, 0.3) is 33.1 Å². The zero-order valence-corrected chi connectivity index (χ0v) is 19.4. The Kier molecular flexibility index (Phi) is 4.37. The highest BCUT2D eigenvalue weighted by atomic mass is 15.2. The average Bonchev–Trinajstić information content (AvgIpc) is 3.45. The minimum Gasteiger partial charge on any atom is -0.331 e. The van der Waals surface area contributed by atoms with Crippen molar-refractivity contribution in [2.45, 2.75) is 12.5 Å². The van der Waals surface area contributed by atoms with Gasteiger partial charge in [0.1, 0.15) is 12.1 Å². The highest BCUT2D eigenvalue weighted by molar-refractivity contribution is 6.10. The summed E-state index contributed by atoms with van der Waals surface area (Å²) in [5.41, 5.74) is 8.34. The molecule has 0 N–H and O–H groups in total. The van der Waals surface area contributed by atoms with Crippen molar-refractivity contribution in [2.75, 3.05) is 4.90 Å². The summed E-state index contributed by atoms with van der Waals surface area (Å²) < 4.78 is 2.24. The molecule has 4 nitrogen and oxygen atoms in total. The number of nitriles is 2. The van der Waals surface area contributed by atoms with E-state index in [-0.39, 0.29) is 6.04 Å². The number of anilines is 2. The summed E-state index contributed by atoms with van der Waals surface area (Å²) in [6.07, 6.45) is 7.39. The Hall–Kier alpha value is -5.06. The van der Waals surface area contributed by atoms with Gasteiger partial charge in [0, 0.05) is 22.0 Å². The van der Waals surface area contributed by atoms with Crippen LogP contribution in [0.5, 0.6) is 0 Å². The van der Waals surface area contributed by atoms with Crippen LogP contribution >= 0.6 is 0 Å². The molecule has 1 unspecified atom stereocenters. The van der Waals surface area contributed by atoms with Crippen molar-refractivity contribution in [3.05, 3.63) is 120 Å². The van der Waals surface area contributed by atoms with Gasteiger partial charge in [-0.05, 0) is 42.3 Å². The molecule has 0 amide bonds. The van der Waals surface area contributed by atoms with E-state index in [2.05, 4.69) is 100 Å². The molecular weight excluding hydrogens is 440 g/mol. The predicted octanol–water partition coefficient (Wildman–Crippen LogP) is 7.39. The van der Waals surface area contributed by atoms with E-state index < -0.39 is 0 Å². The first-order valence-electron chi connectivity index (χ1n) is 12.0. The molecular formula is C32H20N4. The Morgan fingerprint density at radius 2 is 1.31 bits per heavy atom. The lowest BCUT2D eigenvalue weighted by Crippen LogP contribution is -2.28. The third-order valence-corrected chi connectivity index (χ3v) is 7.35. The summed E-state index contributed by atoms with van der Waals surface area (Å²) in [7, 11) is 0. The molecule has 4 heteroatoms. The maximum absolute atomic E-state index is 9.96. The van der Waals surface area contributed by atoms with Gasteiger partial charge >= 0.3 is 0 Å². The van der Waals surface area contributed by atoms with E-state index in [1.54, 1.807) is 0 Å². The lowest BCUT2D eigenvalue weighted by atomic mass is 9.96. The second-order valence-electron chi connectivity index (χ2n) is 9.17. The van der Waals surface area contributed by atoms with Crippen LogP contribution in [0.2, 0.25) is 0 Å². The Labute approximate surface area is 208 Å². The SMILES string of the molecule is N#Cc1cc(N2c3ccccc3C3=CC=CCC32)c(-n2c3ccccc3c3ccccc32)cc1C#N. The van der Waals surface area contributed by atoms with Gasteiger partial charge in [0.25, 0.3) is 0 Å². The van der Waals surface area contributed by atoms with Gasteiger partial charge in [-0.2, -0.15) is 10.5 Å². The van der Waals surface area contributed by atoms with Crippen molar-refractivity contribution in [3.8, 4) is 17.8 Å². The highest BCUT2D eigenvalue weighted by Crippen LogP contribution is 2.49. The predicted molar refractivity (Wildman–Crippen MR) is 144 cm³/mol. The number of aromatic nitrogens is 1. The van der Waals surface area contributed by atoms with Crippen LogP contribution in [0.4, 0.5) is 11.4 Å². The van der Waals surface area contributed by atoms with E-state index in [0.29, 0.717) is 11.1 Å². The zero-order valence-electron chi connectivity index (χ0n) is 19.4. The fraction of sp³-hybridized carbons (Fsp3) is 0.0625. The quantitative estimate of drug-likeness (QED) is 0.276. The Bertz CT molecular complexity index is 1800. The fourth-order valence-corrected chi connectivity index (χ4v) is 5.84. The number of hydrogen-bond donors (Lipinski definition) is 0. The lowest BCUT2D eigenvalue weighted by molar-refractivity contribution is 0.826. The second-order valence-corrected chi connectivity index (χ2v) is 9.17. The standard InChI is InChI=1S/C32H20N4/c33-19-21-17-31(35-27-13-5-1-9-23(27)24-10-2-6-14-28(24)35)32(18-22(21)20-34)36-29-15-7-3-11-25(29)26-12-4-8-16-30(26)36/h1-15,17-18,30H,16H2. The Morgan fingerprint density at radius 3 is 2.00 bits per heavy atom. The summed E-state index contributed by atoms with van der Waals surface area (Å²) in [6, 6.07) is 33.6. The molecule has 36 heavy (non-hydrogen) atoms. The van der Waals surface area contributed by atoms with E-state index in [1.807, 2.05) is 24.3 Å². The molecule has 1 atom stereocenters. The number of nitrogens with zero attached hydrogens (tertiary/aromatic N) is 4. The second kappa shape index (κ2) is 7.73. The minimum absolute atomic E-state index is 0.124. The maximum Gasteiger partial charge on any atom is 0.101 e. The third-order valence-electron chi connectivity index (χ3n) is 7.35. The zero-order chi connectivity index (χ0) is 24.2. The molecule has 4 aromatic carbocycles. The molecule has 5 aromatic rings. The van der Waals surface area contributed by atoms with Crippen molar-refractivity contribution in [1.82, 2.24) is 4.57 Å². The monoisotopic (exact) mass is 460 g/mol. The van der Waals surface area contributed by atoms with Gasteiger partial charge in [-0.15, -0.1) is 0 Å². The summed E-state index contributed by atoms with van der Waals surface area (Å²) in [4.78, 5) is 2.35. The molecule has 2 aliphatic rings. The molecule has 0 saturated carbocycles. The molecule has 0 fully saturated rings. The van der Waals surface area contributed by atoms with Crippen molar-refractivity contribution in [3.63, 3.8) is 0 Å². The maximum atomic E-state index is 9.96. The van der Waals surface area contributed by atoms with Gasteiger partial charge in [-0.3, -0.25) is 0 Å². The first kappa shape index (κ1) is 20.3. The number of benzene rings is 4. The van der Waals surface area contributed by atoms with Gasteiger partial charge in [-0.25, -0.2) is 0 Å². The largest absolute Gasteiger partial charge is 0.331 e. The lowest BCUT2D eigenvalue weighted by Gasteiger charge is -2.31. The molecule has 0 radical (unpaired) electrons. The molecule has 0 spiro atoms. The summed E-state index contributed by atoms with van der Waals surface area (Å²) >= 11 is 0. The molecule has 7 rings (SSSR count). The highest BCUT2D eigenvalue weighted by Gasteiger charge is 2.36. The minimum atomic E-state index is 0.124. The third kappa shape index (κ3) is 2.73. The molecule has 0 bridgehead atoms. The summed E-state index contributed by atoms with van der Waals surface area (Å²) in [5, 5.41) is 22.2. The van der Waals surface area contributed by atoms with Crippen LogP contribution in [0.3, 0.4) is 0 Å². The van der Waals surface area contributed by atoms with Crippen LogP contribution in [0.15, 0.2) is 103 Å². The van der Waals surface area contributed by atoms with E-state index in [1.165, 1.54) is 11.1 Å². The van der Waals surface area contributed by atoms with E-state index in [0.717, 1.165) is 45.3 Å². The van der Waals surface area contributed by atoms with Crippen molar-refractivity contribution < 1.29 is 0 Å². The molecule has 1 aliphatic carbocycles. The number of fused-ring (bicyclic) bond motifs is 6. The molecule has 168 valence electrons. The van der Waals surface area contributed by atoms with E-state index in [9.17, 15) is 10.5 Å². The number of rotatable bonds is 2. The Balaban J connectivity index is 1.61. The molecule has 1 aromatic heterocycles. The first-order valence-corrected chi connectivity index (χ1v) is 12.0. The molecule has 0 saturated heterocycles. The van der Waals surface area contributed by atoms with Gasteiger partial charge in [0.05, 0.1) is 39.6 Å². The van der Waals surface area contributed by atoms with Crippen LogP contribution < -0.4 is 4.90 Å². The average molecular weight is 461 g/mol. The van der Waals surface area contributed by atoms with Crippen LogP contribution in [0, 0.1) is 22.7 Å². The van der Waals surface area contributed by atoms with Crippen LogP contribution in [-0.2, 0) is 0 Å². The molecule has 1 aliphatic heterocycles. The van der Waals surface area contributed by atoms with Crippen LogP contribution in [-0.4, -0.2) is 10.6 Å². The number of para-hydroxylation sites is 3. The van der Waals surface area contributed by atoms with Crippen molar-refractivity contribution in [2.24, 2.45) is 0 Å². The smallest absolute Gasteiger partial charge is 0.101 e. The first-order chi connectivity index (χ1) is 17.8. The topological polar surface area (TPSA) is 55.8 Å². The van der Waals surface area contributed by atoms with Crippen molar-refractivity contribution >= 4 is 38.8 Å². The number of allylic oxidation sites excluding steroid dienone is 2. The fourth-order valence-electron chi connectivity index (χ4n) is 5.84. The van der Waals surface area contributed by atoms with Crippen LogP contribution in [0.1, 0.15) is 23.1 Å². The van der Waals surface area contributed by atoms with Gasteiger partial charge < -0.3 is 9.47 Å². The molecule has 2 heterocycles. The normalized spacial score (nSPS) is 15.9. The number of hydrogen-bond acceptors (Lipinski definition) is 3. The van der Waals surface area contributed by atoms with Crippen molar-refractivity contribution in [1.29, 1.82) is 10.5 Å². The summed E-state index contributed by atoms with van der Waals surface area (Å²) in [6.45, 7) is 0. The van der Waals surface area contributed by atoms with Gasteiger partial charge in [0.2, 0.25) is 0 Å². The van der Waals surface area contributed by atoms with Gasteiger partial charge in [0.15, 0.2) is 0 Å². The Morgan fingerprint density at radius 1 is 0.694 bits per heavy atom.